The van der Waals surface area contributed by atoms with Gasteiger partial charge in [-0.25, -0.2) is 4.98 Å². The molecule has 0 bridgehead atoms. The van der Waals surface area contributed by atoms with Crippen LogP contribution in [0.4, 0.5) is 0 Å². The highest BCUT2D eigenvalue weighted by Crippen LogP contribution is 2.22. The van der Waals surface area contributed by atoms with Crippen molar-refractivity contribution in [2.45, 2.75) is 31.4 Å². The van der Waals surface area contributed by atoms with Crippen LogP contribution in [0.25, 0.3) is 5.57 Å². The number of aromatic nitrogens is 2. The number of fused-ring (bicyclic) bond motifs is 1. The minimum absolute atomic E-state index is 0.0746. The molecule has 0 radical (unpaired) electrons. The number of benzene rings is 1. The second-order valence-corrected chi connectivity index (χ2v) is 8.10. The Hall–Kier alpha value is -1.85. The third-order valence-corrected chi connectivity index (χ3v) is 6.19. The Morgan fingerprint density at radius 1 is 1.19 bits per heavy atom. The number of aryl methyl sites for hydroxylation is 2. The Balaban J connectivity index is 1.30. The van der Waals surface area contributed by atoms with E-state index in [9.17, 15) is 4.79 Å². The molecular weight excluding hydrogens is 342 g/mol. The van der Waals surface area contributed by atoms with Crippen molar-refractivity contribution in [1.29, 1.82) is 0 Å². The summed E-state index contributed by atoms with van der Waals surface area (Å²) in [5.41, 5.74) is 4.79. The number of rotatable bonds is 5. The van der Waals surface area contributed by atoms with Gasteiger partial charge in [-0.05, 0) is 42.7 Å². The fraction of sp³-hybridized carbons (Fsp3) is 0.429. The highest BCUT2D eigenvalue weighted by Gasteiger charge is 2.16. The molecule has 5 heteroatoms. The molecule has 1 aromatic carbocycles. The quantitative estimate of drug-likeness (QED) is 0.881. The van der Waals surface area contributed by atoms with Crippen molar-refractivity contribution in [3.05, 3.63) is 69.4 Å². The highest BCUT2D eigenvalue weighted by atomic mass is 32.2. The summed E-state index contributed by atoms with van der Waals surface area (Å²) in [4.78, 5) is 22.4. The Bertz CT molecular complexity index is 844. The van der Waals surface area contributed by atoms with Crippen molar-refractivity contribution in [2.75, 3.05) is 25.4 Å². The third kappa shape index (κ3) is 4.10. The fourth-order valence-corrected chi connectivity index (χ4v) is 4.70. The molecule has 3 heterocycles. The number of aromatic amines is 1. The van der Waals surface area contributed by atoms with Crippen LogP contribution in [0.1, 0.15) is 35.5 Å². The molecule has 26 heavy (non-hydrogen) atoms. The SMILES string of the molecule is O=c1[nH]c(CCCN2CC=C(c3ccccc3)CC2)nc2c1CSCC2. The number of thioether (sulfide) groups is 1. The van der Waals surface area contributed by atoms with E-state index in [4.69, 9.17) is 4.98 Å². The van der Waals surface area contributed by atoms with Crippen LogP contribution < -0.4 is 5.56 Å². The molecule has 0 spiro atoms. The summed E-state index contributed by atoms with van der Waals surface area (Å²) < 4.78 is 0. The van der Waals surface area contributed by atoms with E-state index >= 15 is 0 Å². The van der Waals surface area contributed by atoms with Gasteiger partial charge in [-0.15, -0.1) is 0 Å². The van der Waals surface area contributed by atoms with Gasteiger partial charge in [0.2, 0.25) is 0 Å². The molecule has 0 saturated heterocycles. The molecule has 4 nitrogen and oxygen atoms in total. The number of nitrogens with one attached hydrogen (secondary N) is 1. The second-order valence-electron chi connectivity index (χ2n) is 6.99. The van der Waals surface area contributed by atoms with E-state index in [1.165, 1.54) is 11.1 Å². The van der Waals surface area contributed by atoms with Crippen LogP contribution >= 0.6 is 11.8 Å². The third-order valence-electron chi connectivity index (χ3n) is 5.21. The molecule has 2 aliphatic rings. The van der Waals surface area contributed by atoms with Crippen LogP contribution in [0.3, 0.4) is 0 Å². The lowest BCUT2D eigenvalue weighted by atomic mass is 9.99. The zero-order chi connectivity index (χ0) is 17.8. The maximum absolute atomic E-state index is 12.2. The molecule has 0 atom stereocenters. The van der Waals surface area contributed by atoms with Crippen LogP contribution in [0.15, 0.2) is 41.2 Å². The average Bonchev–Trinajstić information content (AvgIpc) is 2.69. The molecule has 2 aromatic rings. The molecule has 0 fully saturated rings. The van der Waals surface area contributed by atoms with Gasteiger partial charge < -0.3 is 4.98 Å². The summed E-state index contributed by atoms with van der Waals surface area (Å²) in [5.74, 6) is 2.74. The number of H-pyrrole nitrogens is 1. The normalized spacial score (nSPS) is 17.6. The second kappa shape index (κ2) is 8.23. The molecule has 2 aliphatic heterocycles. The zero-order valence-electron chi connectivity index (χ0n) is 15.0. The van der Waals surface area contributed by atoms with E-state index in [1.807, 2.05) is 11.8 Å². The average molecular weight is 368 g/mol. The topological polar surface area (TPSA) is 49.0 Å². The summed E-state index contributed by atoms with van der Waals surface area (Å²) >= 11 is 1.82. The standard InChI is InChI=1S/C21H25N3OS/c25-21-18-15-26-14-10-19(18)22-20(23-21)7-4-11-24-12-8-17(9-13-24)16-5-2-1-3-6-16/h1-3,5-6,8H,4,7,9-15H2,(H,22,23,25). The number of nitrogens with zero attached hydrogens (tertiary/aromatic N) is 2. The molecule has 0 amide bonds. The Morgan fingerprint density at radius 3 is 2.88 bits per heavy atom. The van der Waals surface area contributed by atoms with Gasteiger partial charge in [0, 0.05) is 30.8 Å². The van der Waals surface area contributed by atoms with Crippen molar-refractivity contribution in [3.8, 4) is 0 Å². The van der Waals surface area contributed by atoms with Gasteiger partial charge in [0.1, 0.15) is 5.82 Å². The van der Waals surface area contributed by atoms with E-state index in [2.05, 4.69) is 46.3 Å². The first-order valence-electron chi connectivity index (χ1n) is 9.45. The summed E-state index contributed by atoms with van der Waals surface area (Å²) in [6.07, 6.45) is 6.27. The van der Waals surface area contributed by atoms with E-state index < -0.39 is 0 Å². The lowest BCUT2D eigenvalue weighted by molar-refractivity contribution is 0.297. The van der Waals surface area contributed by atoms with Crippen LogP contribution in [-0.4, -0.2) is 40.3 Å². The summed E-state index contributed by atoms with van der Waals surface area (Å²) in [5, 5.41) is 0. The molecule has 1 N–H and O–H groups in total. The first-order chi connectivity index (χ1) is 12.8. The lowest BCUT2D eigenvalue weighted by Crippen LogP contribution is -2.30. The van der Waals surface area contributed by atoms with Gasteiger partial charge in [0.15, 0.2) is 0 Å². The smallest absolute Gasteiger partial charge is 0.255 e. The molecular formula is C21H25N3OS. The molecule has 136 valence electrons. The van der Waals surface area contributed by atoms with Crippen LogP contribution in [0.2, 0.25) is 0 Å². The minimum atomic E-state index is 0.0746. The Kier molecular flexibility index (Phi) is 5.56. The van der Waals surface area contributed by atoms with Crippen molar-refractivity contribution in [3.63, 3.8) is 0 Å². The molecule has 0 unspecified atom stereocenters. The number of hydrogen-bond donors (Lipinski definition) is 1. The van der Waals surface area contributed by atoms with Gasteiger partial charge in [-0.3, -0.25) is 9.69 Å². The van der Waals surface area contributed by atoms with Crippen molar-refractivity contribution in [1.82, 2.24) is 14.9 Å². The maximum atomic E-state index is 12.2. The van der Waals surface area contributed by atoms with Crippen LogP contribution in [0, 0.1) is 0 Å². The first kappa shape index (κ1) is 17.6. The predicted molar refractivity (Wildman–Crippen MR) is 109 cm³/mol. The monoisotopic (exact) mass is 367 g/mol. The van der Waals surface area contributed by atoms with Gasteiger partial charge in [-0.1, -0.05) is 36.4 Å². The van der Waals surface area contributed by atoms with E-state index in [1.54, 1.807) is 0 Å². The predicted octanol–water partition coefficient (Wildman–Crippen LogP) is 3.28. The summed E-state index contributed by atoms with van der Waals surface area (Å²) in [6, 6.07) is 10.7. The first-order valence-corrected chi connectivity index (χ1v) is 10.6. The molecule has 1 aromatic heterocycles. The Morgan fingerprint density at radius 2 is 2.08 bits per heavy atom. The van der Waals surface area contributed by atoms with Crippen LogP contribution in [-0.2, 0) is 18.6 Å². The van der Waals surface area contributed by atoms with Gasteiger partial charge in [-0.2, -0.15) is 11.8 Å². The lowest BCUT2D eigenvalue weighted by Gasteiger charge is -2.26. The van der Waals surface area contributed by atoms with E-state index in [0.29, 0.717) is 0 Å². The van der Waals surface area contributed by atoms with Crippen molar-refractivity contribution in [2.24, 2.45) is 0 Å². The van der Waals surface area contributed by atoms with Crippen molar-refractivity contribution < 1.29 is 0 Å². The Labute approximate surface area is 158 Å². The largest absolute Gasteiger partial charge is 0.310 e. The summed E-state index contributed by atoms with van der Waals surface area (Å²) in [7, 11) is 0. The fourth-order valence-electron chi connectivity index (χ4n) is 3.71. The molecule has 0 aliphatic carbocycles. The maximum Gasteiger partial charge on any atom is 0.255 e. The highest BCUT2D eigenvalue weighted by molar-refractivity contribution is 7.98. The van der Waals surface area contributed by atoms with Gasteiger partial charge in [0.05, 0.1) is 5.69 Å². The van der Waals surface area contributed by atoms with Crippen LogP contribution in [0.5, 0.6) is 0 Å². The van der Waals surface area contributed by atoms with Crippen molar-refractivity contribution >= 4 is 17.3 Å². The van der Waals surface area contributed by atoms with E-state index in [-0.39, 0.29) is 5.56 Å². The number of hydrogen-bond acceptors (Lipinski definition) is 4. The summed E-state index contributed by atoms with van der Waals surface area (Å²) in [6.45, 7) is 3.16. The molecule has 0 saturated carbocycles. The van der Waals surface area contributed by atoms with Gasteiger partial charge in [0.25, 0.3) is 5.56 Å². The van der Waals surface area contributed by atoms with Gasteiger partial charge >= 0.3 is 0 Å². The molecule has 4 rings (SSSR count). The minimum Gasteiger partial charge on any atom is -0.310 e. The van der Waals surface area contributed by atoms with E-state index in [0.717, 1.165) is 73.9 Å². The zero-order valence-corrected chi connectivity index (χ0v) is 15.9.